The Morgan fingerprint density at radius 3 is 1.24 bits per heavy atom. The molecule has 0 heterocycles. The second-order valence-corrected chi connectivity index (χ2v) is 17.0. The molecule has 0 amide bonds. The number of aliphatic hydroxyl groups is 1. The monoisotopic (exact) mass is 764 g/mol. The maximum Gasteiger partial charge on any atom is 0.306 e. The summed E-state index contributed by atoms with van der Waals surface area (Å²) >= 11 is 0. The smallest absolute Gasteiger partial charge is 0.306 e. The van der Waals surface area contributed by atoms with Crippen LogP contribution in [0.4, 0.5) is 0 Å². The lowest BCUT2D eigenvalue weighted by Gasteiger charge is -2.22. The van der Waals surface area contributed by atoms with E-state index in [1.54, 1.807) is 0 Å². The molecule has 0 rings (SSSR count). The fourth-order valence-corrected chi connectivity index (χ4v) is 7.58. The zero-order chi connectivity index (χ0) is 39.9. The molecule has 6 heteroatoms. The average Bonchev–Trinajstić information content (AvgIpc) is 3.15. The summed E-state index contributed by atoms with van der Waals surface area (Å²) in [5.74, 6) is 0.636. The lowest BCUT2D eigenvalue weighted by molar-refractivity contribution is -0.150. The van der Waals surface area contributed by atoms with Crippen molar-refractivity contribution in [3.05, 3.63) is 11.6 Å². The van der Waals surface area contributed by atoms with Gasteiger partial charge in [-0.15, -0.1) is 0 Å². The number of hydrogen-bond donors (Lipinski definition) is 1. The standard InChI is InChI=1S/C48H93NO5/c1-7-11-15-19-21-25-31-44(29-23-17-13-9-3)39-47(51)53-41-46(33-27-28-35-49(37-38-50)36-34-43(5)6)42-54-48(52)40-45(30-24-18-14-10-4)32-26-22-20-16-12-8-2/h34,44-46,50H,7-33,35-42H2,1-6H3. The Balaban J connectivity index is 5.35. The summed E-state index contributed by atoms with van der Waals surface area (Å²) in [7, 11) is 0. The summed E-state index contributed by atoms with van der Waals surface area (Å²) in [4.78, 5) is 28.9. The molecule has 320 valence electrons. The Kier molecular flexibility index (Phi) is 38.8. The van der Waals surface area contributed by atoms with Gasteiger partial charge in [-0.25, -0.2) is 0 Å². The molecule has 2 unspecified atom stereocenters. The predicted octanol–water partition coefficient (Wildman–Crippen LogP) is 13.6. The third kappa shape index (κ3) is 35.0. The molecular weight excluding hydrogens is 671 g/mol. The van der Waals surface area contributed by atoms with Crippen molar-refractivity contribution in [2.24, 2.45) is 17.8 Å². The highest BCUT2D eigenvalue weighted by molar-refractivity contribution is 5.70. The minimum absolute atomic E-state index is 0.00473. The van der Waals surface area contributed by atoms with Crippen LogP contribution in [0.3, 0.4) is 0 Å². The molecule has 0 fully saturated rings. The molecule has 0 radical (unpaired) electrons. The molecule has 0 spiro atoms. The van der Waals surface area contributed by atoms with Crippen LogP contribution in [0.5, 0.6) is 0 Å². The molecule has 0 aliphatic carbocycles. The van der Waals surface area contributed by atoms with E-state index in [0.29, 0.717) is 44.4 Å². The number of allylic oxidation sites excluding steroid dienone is 1. The Bertz CT molecular complexity index is 806. The molecule has 1 N–H and O–H groups in total. The third-order valence-corrected chi connectivity index (χ3v) is 11.2. The summed E-state index contributed by atoms with van der Waals surface area (Å²) in [5.41, 5.74) is 1.28. The number of unbranched alkanes of at least 4 members (excludes halogenated alkanes) is 17. The Morgan fingerprint density at radius 2 is 0.852 bits per heavy atom. The number of esters is 2. The van der Waals surface area contributed by atoms with E-state index < -0.39 is 0 Å². The second-order valence-electron chi connectivity index (χ2n) is 17.0. The molecule has 0 aromatic heterocycles. The van der Waals surface area contributed by atoms with E-state index in [2.05, 4.69) is 52.5 Å². The summed E-state index contributed by atoms with van der Waals surface area (Å²) < 4.78 is 12.0. The molecule has 0 saturated heterocycles. The normalized spacial score (nSPS) is 13.2. The first-order chi connectivity index (χ1) is 26.3. The first-order valence-corrected chi connectivity index (χ1v) is 23.6. The molecule has 0 aliphatic rings. The molecule has 2 atom stereocenters. The fraction of sp³-hybridized carbons (Fsp3) is 0.917. The van der Waals surface area contributed by atoms with Crippen LogP contribution < -0.4 is 0 Å². The van der Waals surface area contributed by atoms with Crippen molar-refractivity contribution in [1.82, 2.24) is 4.90 Å². The van der Waals surface area contributed by atoms with Crippen LogP contribution in [-0.4, -0.2) is 61.4 Å². The molecular formula is C48H93NO5. The molecule has 0 bridgehead atoms. The number of nitrogens with zero attached hydrogens (tertiary/aromatic N) is 1. The van der Waals surface area contributed by atoms with Gasteiger partial charge in [0.1, 0.15) is 0 Å². The number of hydrogen-bond acceptors (Lipinski definition) is 6. The van der Waals surface area contributed by atoms with Crippen molar-refractivity contribution in [3.63, 3.8) is 0 Å². The van der Waals surface area contributed by atoms with Gasteiger partial charge in [0, 0.05) is 31.8 Å². The maximum absolute atomic E-state index is 13.3. The van der Waals surface area contributed by atoms with Gasteiger partial charge in [0.05, 0.1) is 19.8 Å². The van der Waals surface area contributed by atoms with E-state index in [0.717, 1.165) is 58.0 Å². The van der Waals surface area contributed by atoms with Crippen LogP contribution in [0.15, 0.2) is 11.6 Å². The van der Waals surface area contributed by atoms with E-state index in [9.17, 15) is 14.7 Å². The largest absolute Gasteiger partial charge is 0.465 e. The van der Waals surface area contributed by atoms with Gasteiger partial charge in [-0.1, -0.05) is 174 Å². The number of ether oxygens (including phenoxy) is 2. The van der Waals surface area contributed by atoms with Gasteiger partial charge < -0.3 is 14.6 Å². The summed E-state index contributed by atoms with van der Waals surface area (Å²) in [6, 6.07) is 0. The molecule has 0 aromatic rings. The molecule has 0 aromatic carbocycles. The van der Waals surface area contributed by atoms with Crippen molar-refractivity contribution in [3.8, 4) is 0 Å². The van der Waals surface area contributed by atoms with Crippen molar-refractivity contribution in [1.29, 1.82) is 0 Å². The first kappa shape index (κ1) is 52.6. The van der Waals surface area contributed by atoms with Crippen molar-refractivity contribution >= 4 is 11.9 Å². The lowest BCUT2D eigenvalue weighted by atomic mass is 9.91. The van der Waals surface area contributed by atoms with Crippen molar-refractivity contribution in [2.45, 2.75) is 228 Å². The number of rotatable bonds is 41. The maximum atomic E-state index is 13.3. The van der Waals surface area contributed by atoms with Crippen molar-refractivity contribution in [2.75, 3.05) is 39.5 Å². The van der Waals surface area contributed by atoms with Gasteiger partial charge in [-0.05, 0) is 70.8 Å². The van der Waals surface area contributed by atoms with Gasteiger partial charge in [0.2, 0.25) is 0 Å². The van der Waals surface area contributed by atoms with Gasteiger partial charge in [-0.2, -0.15) is 0 Å². The van der Waals surface area contributed by atoms with Gasteiger partial charge in [0.15, 0.2) is 0 Å². The van der Waals surface area contributed by atoms with E-state index in [-0.39, 0.29) is 24.5 Å². The predicted molar refractivity (Wildman–Crippen MR) is 232 cm³/mol. The van der Waals surface area contributed by atoms with E-state index in [1.807, 2.05) is 0 Å². The van der Waals surface area contributed by atoms with Gasteiger partial charge in [0.25, 0.3) is 0 Å². The van der Waals surface area contributed by atoms with E-state index >= 15 is 0 Å². The minimum atomic E-state index is -0.0836. The second kappa shape index (κ2) is 39.8. The van der Waals surface area contributed by atoms with Crippen molar-refractivity contribution < 1.29 is 24.2 Å². The Morgan fingerprint density at radius 1 is 0.500 bits per heavy atom. The van der Waals surface area contributed by atoms with Gasteiger partial charge in [-0.3, -0.25) is 14.5 Å². The van der Waals surface area contributed by atoms with E-state index in [1.165, 1.54) is 134 Å². The van der Waals surface area contributed by atoms with Crippen LogP contribution >= 0.6 is 0 Å². The highest BCUT2D eigenvalue weighted by atomic mass is 16.5. The molecule has 0 aliphatic heterocycles. The first-order valence-electron chi connectivity index (χ1n) is 23.6. The summed E-state index contributed by atoms with van der Waals surface area (Å²) in [5, 5.41) is 9.58. The summed E-state index contributed by atoms with van der Waals surface area (Å²) in [6.07, 6.45) is 35.7. The molecule has 0 saturated carbocycles. The SMILES string of the molecule is CCCCCCCCC(CCCCCC)CC(=O)OCC(CCCCN(CC=C(C)C)CCO)COC(=O)CC(CCCCCC)CCCCCCCC. The van der Waals surface area contributed by atoms with Crippen LogP contribution in [0.1, 0.15) is 228 Å². The highest BCUT2D eigenvalue weighted by Gasteiger charge is 2.20. The molecule has 54 heavy (non-hydrogen) atoms. The van der Waals surface area contributed by atoms with E-state index in [4.69, 9.17) is 9.47 Å². The fourth-order valence-electron chi connectivity index (χ4n) is 7.58. The summed E-state index contributed by atoms with van der Waals surface area (Å²) in [6.45, 7) is 16.5. The van der Waals surface area contributed by atoms with Crippen LogP contribution in [-0.2, 0) is 19.1 Å². The Hall–Kier alpha value is -1.40. The van der Waals surface area contributed by atoms with Crippen LogP contribution in [0.2, 0.25) is 0 Å². The Labute approximate surface area is 336 Å². The lowest BCUT2D eigenvalue weighted by Crippen LogP contribution is -2.28. The number of aliphatic hydroxyl groups excluding tert-OH is 1. The zero-order valence-corrected chi connectivity index (χ0v) is 37.1. The average molecular weight is 764 g/mol. The topological polar surface area (TPSA) is 76.1 Å². The van der Waals surface area contributed by atoms with Gasteiger partial charge >= 0.3 is 11.9 Å². The van der Waals surface area contributed by atoms with Crippen LogP contribution in [0, 0.1) is 17.8 Å². The van der Waals surface area contributed by atoms with Crippen LogP contribution in [0.25, 0.3) is 0 Å². The zero-order valence-electron chi connectivity index (χ0n) is 37.1. The number of carbonyl (C=O) groups excluding carboxylic acids is 2. The molecule has 6 nitrogen and oxygen atoms in total. The minimum Gasteiger partial charge on any atom is -0.465 e. The highest BCUT2D eigenvalue weighted by Crippen LogP contribution is 2.25. The number of carbonyl (C=O) groups is 2. The third-order valence-electron chi connectivity index (χ3n) is 11.2. The quantitative estimate of drug-likeness (QED) is 0.0380.